The number of halogens is 5. The number of anilines is 1. The van der Waals surface area contributed by atoms with Crippen molar-refractivity contribution in [2.24, 2.45) is 0 Å². The van der Waals surface area contributed by atoms with Gasteiger partial charge in [-0.2, -0.15) is 13.2 Å². The first-order valence-electron chi connectivity index (χ1n) is 5.26. The summed E-state index contributed by atoms with van der Waals surface area (Å²) in [6.07, 6.45) is -4.59. The average Bonchev–Trinajstić information content (AvgIpc) is 2.28. The van der Waals surface area contributed by atoms with Crippen LogP contribution in [0.5, 0.6) is 0 Å². The van der Waals surface area contributed by atoms with Crippen LogP contribution in [0.25, 0.3) is 10.9 Å². The van der Waals surface area contributed by atoms with Gasteiger partial charge in [0.1, 0.15) is 5.69 Å². The molecular formula is C12H9Cl2F3N2. The Hall–Kier alpha value is -1.20. The zero-order valence-electron chi connectivity index (χ0n) is 9.99. The molecule has 1 aromatic carbocycles. The molecule has 0 aliphatic heterocycles. The Morgan fingerprint density at radius 3 is 2.32 bits per heavy atom. The first kappa shape index (κ1) is 14.2. The molecule has 2 nitrogen and oxygen atoms in total. The summed E-state index contributed by atoms with van der Waals surface area (Å²) < 4.78 is 38.6. The molecule has 0 saturated carbocycles. The van der Waals surface area contributed by atoms with Crippen molar-refractivity contribution in [2.45, 2.75) is 20.0 Å². The van der Waals surface area contributed by atoms with Gasteiger partial charge in [-0.3, -0.25) is 0 Å². The SMILES string of the molecule is Cc1cc(Cl)c2nc(C(F)(F)F)c(C)c(N)c2c1Cl. The fourth-order valence-electron chi connectivity index (χ4n) is 1.88. The molecule has 7 heteroatoms. The minimum Gasteiger partial charge on any atom is -0.398 e. The number of nitrogens with two attached hydrogens (primary N) is 1. The van der Waals surface area contributed by atoms with E-state index < -0.39 is 11.9 Å². The van der Waals surface area contributed by atoms with Crippen LogP contribution in [0, 0.1) is 13.8 Å². The summed E-state index contributed by atoms with van der Waals surface area (Å²) in [7, 11) is 0. The number of aromatic nitrogens is 1. The van der Waals surface area contributed by atoms with Gasteiger partial charge in [0.25, 0.3) is 0 Å². The van der Waals surface area contributed by atoms with Gasteiger partial charge in [-0.15, -0.1) is 0 Å². The van der Waals surface area contributed by atoms with E-state index in [4.69, 9.17) is 28.9 Å². The summed E-state index contributed by atoms with van der Waals surface area (Å²) >= 11 is 12.0. The van der Waals surface area contributed by atoms with Gasteiger partial charge in [0.15, 0.2) is 0 Å². The fourth-order valence-corrected chi connectivity index (χ4v) is 2.43. The summed E-state index contributed by atoms with van der Waals surface area (Å²) in [5.74, 6) is 0. The molecule has 0 fully saturated rings. The number of fused-ring (bicyclic) bond motifs is 1. The molecule has 0 radical (unpaired) electrons. The Morgan fingerprint density at radius 2 is 1.79 bits per heavy atom. The molecule has 0 atom stereocenters. The minimum absolute atomic E-state index is 0.0345. The molecule has 1 aromatic heterocycles. The topological polar surface area (TPSA) is 38.9 Å². The van der Waals surface area contributed by atoms with E-state index in [0.29, 0.717) is 5.56 Å². The third kappa shape index (κ3) is 2.21. The van der Waals surface area contributed by atoms with Gasteiger partial charge in [-0.25, -0.2) is 4.98 Å². The zero-order chi connectivity index (χ0) is 14.5. The van der Waals surface area contributed by atoms with Gasteiger partial charge < -0.3 is 5.73 Å². The molecule has 0 spiro atoms. The molecule has 0 amide bonds. The van der Waals surface area contributed by atoms with E-state index in [1.165, 1.54) is 13.0 Å². The van der Waals surface area contributed by atoms with Crippen LogP contribution in [0.1, 0.15) is 16.8 Å². The number of benzene rings is 1. The van der Waals surface area contributed by atoms with Crippen LogP contribution in [0.3, 0.4) is 0 Å². The number of aryl methyl sites for hydroxylation is 1. The highest BCUT2D eigenvalue weighted by Crippen LogP contribution is 2.41. The van der Waals surface area contributed by atoms with E-state index in [0.717, 1.165) is 0 Å². The molecule has 2 aromatic rings. The van der Waals surface area contributed by atoms with Gasteiger partial charge in [0, 0.05) is 16.6 Å². The van der Waals surface area contributed by atoms with Crippen molar-refractivity contribution < 1.29 is 13.2 Å². The van der Waals surface area contributed by atoms with Crippen molar-refractivity contribution >= 4 is 39.8 Å². The Balaban J connectivity index is 3.01. The van der Waals surface area contributed by atoms with E-state index in [9.17, 15) is 13.2 Å². The van der Waals surface area contributed by atoms with Crippen LogP contribution in [-0.2, 0) is 6.18 Å². The lowest BCUT2D eigenvalue weighted by Crippen LogP contribution is -2.13. The number of hydrogen-bond donors (Lipinski definition) is 1. The molecule has 0 saturated heterocycles. The number of nitrogen functional groups attached to an aromatic ring is 1. The van der Waals surface area contributed by atoms with Crippen molar-refractivity contribution in [1.29, 1.82) is 0 Å². The maximum Gasteiger partial charge on any atom is 0.433 e. The highest BCUT2D eigenvalue weighted by atomic mass is 35.5. The molecule has 0 bridgehead atoms. The second-order valence-corrected chi connectivity index (χ2v) is 4.99. The smallest absolute Gasteiger partial charge is 0.398 e. The van der Waals surface area contributed by atoms with Crippen molar-refractivity contribution in [2.75, 3.05) is 5.73 Å². The molecule has 102 valence electrons. The van der Waals surface area contributed by atoms with Crippen LogP contribution >= 0.6 is 23.2 Å². The van der Waals surface area contributed by atoms with E-state index in [2.05, 4.69) is 4.98 Å². The molecule has 0 unspecified atom stereocenters. The van der Waals surface area contributed by atoms with Crippen LogP contribution < -0.4 is 5.73 Å². The van der Waals surface area contributed by atoms with Crippen molar-refractivity contribution in [3.05, 3.63) is 32.9 Å². The lowest BCUT2D eigenvalue weighted by molar-refractivity contribution is -0.141. The summed E-state index contributed by atoms with van der Waals surface area (Å²) in [4.78, 5) is 3.59. The molecular weight excluding hydrogens is 300 g/mol. The predicted molar refractivity (Wildman–Crippen MR) is 70.7 cm³/mol. The molecule has 2 rings (SSSR count). The predicted octanol–water partition coefficient (Wildman–Crippen LogP) is 4.76. The summed E-state index contributed by atoms with van der Waals surface area (Å²) in [6, 6.07) is 1.47. The summed E-state index contributed by atoms with van der Waals surface area (Å²) in [5.41, 5.74) is 5.13. The van der Waals surface area contributed by atoms with E-state index in [1.54, 1.807) is 6.92 Å². The van der Waals surface area contributed by atoms with Crippen LogP contribution in [0.4, 0.5) is 18.9 Å². The van der Waals surface area contributed by atoms with E-state index in [1.807, 2.05) is 0 Å². The lowest BCUT2D eigenvalue weighted by atomic mass is 10.0. The summed E-state index contributed by atoms with van der Waals surface area (Å²) in [6.45, 7) is 2.96. The Labute approximate surface area is 117 Å². The van der Waals surface area contributed by atoms with Gasteiger partial charge >= 0.3 is 6.18 Å². The summed E-state index contributed by atoms with van der Waals surface area (Å²) in [5, 5.41) is 0.618. The van der Waals surface area contributed by atoms with Gasteiger partial charge in [-0.1, -0.05) is 23.2 Å². The van der Waals surface area contributed by atoms with Gasteiger partial charge in [0.05, 0.1) is 15.6 Å². The van der Waals surface area contributed by atoms with Crippen LogP contribution in [0.15, 0.2) is 6.07 Å². The average molecular weight is 309 g/mol. The number of hydrogen-bond acceptors (Lipinski definition) is 2. The zero-order valence-corrected chi connectivity index (χ0v) is 11.5. The number of rotatable bonds is 0. The highest BCUT2D eigenvalue weighted by molar-refractivity contribution is 6.41. The third-order valence-electron chi connectivity index (χ3n) is 2.89. The fraction of sp³-hybridized carbons (Fsp3) is 0.250. The molecule has 0 aliphatic carbocycles. The lowest BCUT2D eigenvalue weighted by Gasteiger charge is -2.16. The first-order valence-corrected chi connectivity index (χ1v) is 6.01. The minimum atomic E-state index is -4.59. The van der Waals surface area contributed by atoms with Crippen molar-refractivity contribution in [3.8, 4) is 0 Å². The normalized spacial score (nSPS) is 12.2. The third-order valence-corrected chi connectivity index (χ3v) is 3.67. The Kier molecular flexibility index (Phi) is 3.31. The van der Waals surface area contributed by atoms with Crippen LogP contribution in [-0.4, -0.2) is 4.98 Å². The maximum absolute atomic E-state index is 12.9. The second-order valence-electron chi connectivity index (χ2n) is 4.21. The molecule has 2 N–H and O–H groups in total. The first-order chi connectivity index (χ1) is 8.64. The van der Waals surface area contributed by atoms with E-state index >= 15 is 0 Å². The van der Waals surface area contributed by atoms with E-state index in [-0.39, 0.29) is 32.2 Å². The number of pyridine rings is 1. The van der Waals surface area contributed by atoms with Gasteiger partial charge in [-0.05, 0) is 25.5 Å². The monoisotopic (exact) mass is 308 g/mol. The molecule has 0 aliphatic rings. The largest absolute Gasteiger partial charge is 0.433 e. The highest BCUT2D eigenvalue weighted by Gasteiger charge is 2.36. The van der Waals surface area contributed by atoms with Gasteiger partial charge in [0.2, 0.25) is 0 Å². The number of alkyl halides is 3. The van der Waals surface area contributed by atoms with Crippen molar-refractivity contribution in [1.82, 2.24) is 4.98 Å². The van der Waals surface area contributed by atoms with Crippen molar-refractivity contribution in [3.63, 3.8) is 0 Å². The maximum atomic E-state index is 12.9. The molecule has 1 heterocycles. The quantitative estimate of drug-likeness (QED) is 0.762. The molecule has 19 heavy (non-hydrogen) atoms. The second kappa shape index (κ2) is 4.42. The Morgan fingerprint density at radius 1 is 1.21 bits per heavy atom. The Bertz CT molecular complexity index is 681. The standard InChI is InChI=1S/C12H9Cl2F3N2/c1-4-3-6(13)10-7(8(4)14)9(18)5(2)11(19-10)12(15,16)17/h3H,1-2H3,(H2,18,19). The number of nitrogens with zero attached hydrogens (tertiary/aromatic N) is 1. The van der Waals surface area contributed by atoms with Crippen LogP contribution in [0.2, 0.25) is 10.0 Å².